The molecule has 0 amide bonds. The number of carboxylic acid groups (broad SMARTS) is 1. The fraction of sp³-hybridized carbons (Fsp3) is 0.333. The number of carboxylic acids is 1. The molecule has 0 saturated heterocycles. The molecule has 0 radical (unpaired) electrons. The summed E-state index contributed by atoms with van der Waals surface area (Å²) in [4.78, 5) is 14.6. The van der Waals surface area contributed by atoms with Gasteiger partial charge in [0.2, 0.25) is 0 Å². The topological polar surface area (TPSA) is 76.2 Å². The van der Waals surface area contributed by atoms with Crippen LogP contribution in [0.2, 0.25) is 0 Å². The van der Waals surface area contributed by atoms with E-state index in [9.17, 15) is 4.79 Å². The Labute approximate surface area is 86.1 Å². The van der Waals surface area contributed by atoms with Crippen LogP contribution in [0, 0.1) is 0 Å². The van der Waals surface area contributed by atoms with Crippen molar-refractivity contribution in [2.24, 2.45) is 5.73 Å². The van der Waals surface area contributed by atoms with Crippen molar-refractivity contribution in [2.75, 3.05) is 0 Å². The smallest absolute Gasteiger partial charge is 0.330 e. The van der Waals surface area contributed by atoms with Crippen molar-refractivity contribution in [2.45, 2.75) is 19.3 Å². The molecule has 0 bridgehead atoms. The van der Waals surface area contributed by atoms with Gasteiger partial charge in [-0.15, -0.1) is 11.3 Å². The van der Waals surface area contributed by atoms with Gasteiger partial charge < -0.3 is 10.8 Å². The maximum atomic E-state index is 10.5. The molecular weight excluding hydrogens is 200 g/mol. The largest absolute Gasteiger partial charge is 0.478 e. The van der Waals surface area contributed by atoms with Gasteiger partial charge in [-0.25, -0.2) is 9.78 Å². The number of nitrogens with two attached hydrogens (primary N) is 1. The van der Waals surface area contributed by atoms with Crippen molar-refractivity contribution in [3.63, 3.8) is 0 Å². The van der Waals surface area contributed by atoms with Gasteiger partial charge in [-0.2, -0.15) is 0 Å². The van der Waals surface area contributed by atoms with Crippen LogP contribution in [0.5, 0.6) is 0 Å². The number of allylic oxidation sites excluding steroid dienone is 1. The molecule has 0 saturated carbocycles. The molecule has 5 heteroatoms. The highest BCUT2D eigenvalue weighted by atomic mass is 32.1. The normalized spacial score (nSPS) is 12.9. The molecule has 1 aromatic heterocycles. The second-order valence-electron chi connectivity index (χ2n) is 3.40. The Morgan fingerprint density at radius 3 is 2.79 bits per heavy atom. The predicted octanol–water partition coefficient (Wildman–Crippen LogP) is 1.35. The summed E-state index contributed by atoms with van der Waals surface area (Å²) in [6.07, 6.45) is 2.69. The summed E-state index contributed by atoms with van der Waals surface area (Å²) >= 11 is 1.46. The SMILES string of the molecule is CC(C)(/C(N)=C/C(=O)O)c1nccs1. The van der Waals surface area contributed by atoms with Gasteiger partial charge in [0, 0.05) is 23.3 Å². The molecule has 14 heavy (non-hydrogen) atoms. The average molecular weight is 212 g/mol. The predicted molar refractivity (Wildman–Crippen MR) is 55.0 cm³/mol. The molecule has 1 rings (SSSR count). The first kappa shape index (κ1) is 10.7. The number of thiazole rings is 1. The van der Waals surface area contributed by atoms with Crippen LogP contribution in [-0.2, 0) is 10.2 Å². The second-order valence-corrected chi connectivity index (χ2v) is 4.29. The molecule has 0 aliphatic rings. The zero-order valence-corrected chi connectivity index (χ0v) is 8.84. The molecule has 0 atom stereocenters. The van der Waals surface area contributed by atoms with E-state index in [2.05, 4.69) is 4.98 Å². The molecule has 0 aliphatic heterocycles. The summed E-state index contributed by atoms with van der Waals surface area (Å²) in [5, 5.41) is 11.2. The zero-order valence-electron chi connectivity index (χ0n) is 8.02. The Bertz CT molecular complexity index is 355. The Morgan fingerprint density at radius 2 is 2.36 bits per heavy atom. The second kappa shape index (κ2) is 3.79. The average Bonchev–Trinajstić information content (AvgIpc) is 2.54. The fourth-order valence-corrected chi connectivity index (χ4v) is 1.75. The highest BCUT2D eigenvalue weighted by molar-refractivity contribution is 7.09. The molecule has 0 aromatic carbocycles. The molecule has 1 aromatic rings. The lowest BCUT2D eigenvalue weighted by Crippen LogP contribution is -2.26. The van der Waals surface area contributed by atoms with Crippen molar-refractivity contribution >= 4 is 17.3 Å². The fourth-order valence-electron chi connectivity index (χ4n) is 0.969. The quantitative estimate of drug-likeness (QED) is 0.741. The first-order valence-corrected chi connectivity index (χ1v) is 4.93. The number of carbonyl (C=O) groups is 1. The zero-order chi connectivity index (χ0) is 10.8. The molecular formula is C9H12N2O2S. The maximum Gasteiger partial charge on any atom is 0.330 e. The lowest BCUT2D eigenvalue weighted by molar-refractivity contribution is -0.131. The standard InChI is InChI=1S/C9H12N2O2S/c1-9(2,6(10)5-7(12)13)8-11-3-4-14-8/h3-5H,10H2,1-2H3,(H,12,13)/b6-5-. The van der Waals surface area contributed by atoms with Gasteiger partial charge in [-0.1, -0.05) is 0 Å². The number of hydrogen-bond donors (Lipinski definition) is 2. The van der Waals surface area contributed by atoms with Gasteiger partial charge in [0.25, 0.3) is 0 Å². The molecule has 1 heterocycles. The first-order chi connectivity index (χ1) is 6.44. The summed E-state index contributed by atoms with van der Waals surface area (Å²) in [7, 11) is 0. The first-order valence-electron chi connectivity index (χ1n) is 4.05. The number of rotatable bonds is 3. The van der Waals surface area contributed by atoms with Crippen molar-refractivity contribution < 1.29 is 9.90 Å². The van der Waals surface area contributed by atoms with E-state index in [1.165, 1.54) is 11.3 Å². The minimum Gasteiger partial charge on any atom is -0.478 e. The lowest BCUT2D eigenvalue weighted by Gasteiger charge is -2.21. The van der Waals surface area contributed by atoms with E-state index in [1.807, 2.05) is 19.2 Å². The molecule has 0 fully saturated rings. The van der Waals surface area contributed by atoms with Crippen LogP contribution in [0.15, 0.2) is 23.3 Å². The van der Waals surface area contributed by atoms with Crippen LogP contribution >= 0.6 is 11.3 Å². The van der Waals surface area contributed by atoms with E-state index >= 15 is 0 Å². The Kier molecular flexibility index (Phi) is 2.90. The summed E-state index contributed by atoms with van der Waals surface area (Å²) in [6.45, 7) is 3.70. The minimum atomic E-state index is -1.04. The highest BCUT2D eigenvalue weighted by Gasteiger charge is 2.26. The highest BCUT2D eigenvalue weighted by Crippen LogP contribution is 2.29. The van der Waals surface area contributed by atoms with Crippen molar-refractivity contribution in [3.8, 4) is 0 Å². The number of hydrogen-bond acceptors (Lipinski definition) is 4. The van der Waals surface area contributed by atoms with Crippen LogP contribution < -0.4 is 5.73 Å². The van der Waals surface area contributed by atoms with E-state index in [0.717, 1.165) is 11.1 Å². The molecule has 4 nitrogen and oxygen atoms in total. The summed E-state index contributed by atoms with van der Waals surface area (Å²) < 4.78 is 0. The van der Waals surface area contributed by atoms with Crippen molar-refractivity contribution in [1.29, 1.82) is 0 Å². The Hall–Kier alpha value is -1.36. The van der Waals surface area contributed by atoms with E-state index in [1.54, 1.807) is 6.20 Å². The van der Waals surface area contributed by atoms with Crippen LogP contribution in [-0.4, -0.2) is 16.1 Å². The van der Waals surface area contributed by atoms with Crippen LogP contribution in [0.25, 0.3) is 0 Å². The number of aliphatic carboxylic acids is 1. The number of nitrogens with zero attached hydrogens (tertiary/aromatic N) is 1. The van der Waals surface area contributed by atoms with Gasteiger partial charge in [0.1, 0.15) is 5.01 Å². The van der Waals surface area contributed by atoms with E-state index in [4.69, 9.17) is 10.8 Å². The summed E-state index contributed by atoms with van der Waals surface area (Å²) in [5.41, 5.74) is 5.47. The van der Waals surface area contributed by atoms with Gasteiger partial charge in [0.05, 0.1) is 5.41 Å². The maximum absolute atomic E-state index is 10.5. The molecule has 0 aliphatic carbocycles. The third kappa shape index (κ3) is 2.11. The van der Waals surface area contributed by atoms with Crippen molar-refractivity contribution in [3.05, 3.63) is 28.4 Å². The van der Waals surface area contributed by atoms with Crippen molar-refractivity contribution in [1.82, 2.24) is 4.98 Å². The summed E-state index contributed by atoms with van der Waals surface area (Å²) in [6, 6.07) is 0. The van der Waals surface area contributed by atoms with Gasteiger partial charge in [-0.3, -0.25) is 0 Å². The van der Waals surface area contributed by atoms with Crippen LogP contribution in [0.1, 0.15) is 18.9 Å². The number of aromatic nitrogens is 1. The summed E-state index contributed by atoms with van der Waals surface area (Å²) in [5.74, 6) is -1.04. The molecule has 0 unspecified atom stereocenters. The molecule has 0 spiro atoms. The van der Waals surface area contributed by atoms with Gasteiger partial charge >= 0.3 is 5.97 Å². The minimum absolute atomic E-state index is 0.306. The Morgan fingerprint density at radius 1 is 1.71 bits per heavy atom. The lowest BCUT2D eigenvalue weighted by atomic mass is 9.90. The Balaban J connectivity index is 3.02. The van der Waals surface area contributed by atoms with Gasteiger partial charge in [0.15, 0.2) is 0 Å². The third-order valence-corrected chi connectivity index (χ3v) is 3.06. The van der Waals surface area contributed by atoms with Crippen LogP contribution in [0.4, 0.5) is 0 Å². The van der Waals surface area contributed by atoms with Crippen LogP contribution in [0.3, 0.4) is 0 Å². The third-order valence-electron chi connectivity index (χ3n) is 1.97. The van der Waals surface area contributed by atoms with E-state index in [0.29, 0.717) is 5.70 Å². The molecule has 3 N–H and O–H groups in total. The monoisotopic (exact) mass is 212 g/mol. The molecule has 76 valence electrons. The van der Waals surface area contributed by atoms with Gasteiger partial charge in [-0.05, 0) is 13.8 Å². The van der Waals surface area contributed by atoms with E-state index < -0.39 is 11.4 Å². The van der Waals surface area contributed by atoms with E-state index in [-0.39, 0.29) is 0 Å².